The number of aromatic hydroxyl groups is 4. The van der Waals surface area contributed by atoms with Gasteiger partial charge in [0.05, 0.1) is 0 Å². The lowest BCUT2D eigenvalue weighted by molar-refractivity contribution is 0.0952. The van der Waals surface area contributed by atoms with E-state index in [1.807, 2.05) is 6.92 Å². The minimum Gasteiger partial charge on any atom is -0.504 e. The van der Waals surface area contributed by atoms with E-state index in [9.17, 15) is 9.59 Å². The van der Waals surface area contributed by atoms with Crippen molar-refractivity contribution in [1.82, 2.24) is 5.32 Å². The molecule has 8 heteroatoms. The van der Waals surface area contributed by atoms with Crippen LogP contribution in [-0.4, -0.2) is 38.8 Å². The molecule has 2 rings (SSSR count). The number of nitrogens with one attached hydrogen (secondary N) is 1. The van der Waals surface area contributed by atoms with Crippen molar-refractivity contribution in [2.75, 3.05) is 6.54 Å². The lowest BCUT2D eigenvalue weighted by Crippen LogP contribution is -2.23. The van der Waals surface area contributed by atoms with Gasteiger partial charge in [0, 0.05) is 17.7 Å². The van der Waals surface area contributed by atoms with Gasteiger partial charge in [-0.3, -0.25) is 9.59 Å². The summed E-state index contributed by atoms with van der Waals surface area (Å²) in [5, 5.41) is 38.5. The maximum absolute atomic E-state index is 11.4. The van der Waals surface area contributed by atoms with E-state index in [0.29, 0.717) is 12.1 Å². The standard InChI is InChI=1S/C10H13NO3.C7H7NO3/c1-2-5-11-10(14)7-3-4-8(12)9(13)6-7;8-7(11)4-1-2-5(9)6(10)3-4/h3-4,6,12-13H,2,5H2,1H3,(H,11,14);1-3,9-10H,(H2,8,11). The highest BCUT2D eigenvalue weighted by molar-refractivity contribution is 5.94. The Morgan fingerprint density at radius 2 is 1.36 bits per heavy atom. The normalized spacial score (nSPS) is 9.64. The fourth-order valence-corrected chi connectivity index (χ4v) is 1.68. The molecule has 0 aliphatic carbocycles. The van der Waals surface area contributed by atoms with Crippen LogP contribution in [0.5, 0.6) is 23.0 Å². The van der Waals surface area contributed by atoms with Crippen LogP contribution in [0.1, 0.15) is 34.1 Å². The van der Waals surface area contributed by atoms with Crippen LogP contribution < -0.4 is 11.1 Å². The summed E-state index contributed by atoms with van der Waals surface area (Å²) in [5.74, 6) is -2.01. The maximum atomic E-state index is 11.4. The summed E-state index contributed by atoms with van der Waals surface area (Å²) >= 11 is 0. The van der Waals surface area contributed by atoms with E-state index >= 15 is 0 Å². The molecule has 0 saturated heterocycles. The van der Waals surface area contributed by atoms with E-state index < -0.39 is 5.91 Å². The summed E-state index contributed by atoms with van der Waals surface area (Å²) in [4.78, 5) is 21.9. The molecule has 0 aliphatic rings. The van der Waals surface area contributed by atoms with Gasteiger partial charge in [0.2, 0.25) is 5.91 Å². The number of benzene rings is 2. The highest BCUT2D eigenvalue weighted by Gasteiger charge is 2.07. The van der Waals surface area contributed by atoms with Crippen LogP contribution in [0.2, 0.25) is 0 Å². The molecular formula is C17H20N2O6. The molecule has 0 spiro atoms. The summed E-state index contributed by atoms with van der Waals surface area (Å²) < 4.78 is 0. The summed E-state index contributed by atoms with van der Waals surface area (Å²) in [6, 6.07) is 7.63. The third-order valence-electron chi connectivity index (χ3n) is 3.03. The maximum Gasteiger partial charge on any atom is 0.251 e. The van der Waals surface area contributed by atoms with Gasteiger partial charge in [0.1, 0.15) is 0 Å². The Morgan fingerprint density at radius 1 is 0.880 bits per heavy atom. The van der Waals surface area contributed by atoms with Crippen molar-refractivity contribution in [3.63, 3.8) is 0 Å². The van der Waals surface area contributed by atoms with Gasteiger partial charge in [-0.2, -0.15) is 0 Å². The van der Waals surface area contributed by atoms with Crippen LogP contribution in [0, 0.1) is 0 Å². The Hall–Kier alpha value is -3.42. The van der Waals surface area contributed by atoms with E-state index in [-0.39, 0.29) is 34.5 Å². The zero-order chi connectivity index (χ0) is 19.0. The number of phenolic OH excluding ortho intramolecular Hbond substituents is 4. The Labute approximate surface area is 144 Å². The Bertz CT molecular complexity index is 761. The highest BCUT2D eigenvalue weighted by atomic mass is 16.3. The average Bonchev–Trinajstić information content (AvgIpc) is 2.58. The smallest absolute Gasteiger partial charge is 0.251 e. The zero-order valence-electron chi connectivity index (χ0n) is 13.6. The zero-order valence-corrected chi connectivity index (χ0v) is 13.6. The Balaban J connectivity index is 0.000000257. The van der Waals surface area contributed by atoms with Gasteiger partial charge >= 0.3 is 0 Å². The molecule has 0 aliphatic heterocycles. The third-order valence-corrected chi connectivity index (χ3v) is 3.03. The van der Waals surface area contributed by atoms with Gasteiger partial charge in [-0.1, -0.05) is 6.92 Å². The predicted octanol–water partition coefficient (Wildman–Crippen LogP) is 1.43. The topological polar surface area (TPSA) is 153 Å². The lowest BCUT2D eigenvalue weighted by Gasteiger charge is -2.04. The SMILES string of the molecule is CCCNC(=O)c1ccc(O)c(O)c1.NC(=O)c1ccc(O)c(O)c1. The van der Waals surface area contributed by atoms with Crippen molar-refractivity contribution in [1.29, 1.82) is 0 Å². The number of phenols is 4. The first-order valence-electron chi connectivity index (χ1n) is 7.38. The highest BCUT2D eigenvalue weighted by Crippen LogP contribution is 2.25. The van der Waals surface area contributed by atoms with E-state index in [2.05, 4.69) is 5.32 Å². The van der Waals surface area contributed by atoms with Gasteiger partial charge < -0.3 is 31.5 Å². The molecule has 8 nitrogen and oxygen atoms in total. The first-order chi connectivity index (χ1) is 11.8. The minimum atomic E-state index is -0.639. The lowest BCUT2D eigenvalue weighted by atomic mass is 10.2. The van der Waals surface area contributed by atoms with Crippen molar-refractivity contribution in [2.24, 2.45) is 5.73 Å². The van der Waals surface area contributed by atoms with Crippen LogP contribution in [0.25, 0.3) is 0 Å². The molecule has 0 unspecified atom stereocenters. The van der Waals surface area contributed by atoms with Crippen molar-refractivity contribution in [3.8, 4) is 23.0 Å². The molecule has 2 aromatic carbocycles. The molecule has 0 radical (unpaired) electrons. The van der Waals surface area contributed by atoms with Gasteiger partial charge in [-0.05, 0) is 42.8 Å². The molecule has 0 bridgehead atoms. The second kappa shape index (κ2) is 9.02. The summed E-state index contributed by atoms with van der Waals surface area (Å²) in [6.45, 7) is 2.55. The average molecular weight is 348 g/mol. The molecule has 0 heterocycles. The fraction of sp³-hybridized carbons (Fsp3) is 0.176. The number of primary amides is 1. The van der Waals surface area contributed by atoms with E-state index in [4.69, 9.17) is 26.2 Å². The Morgan fingerprint density at radius 3 is 1.80 bits per heavy atom. The molecular weight excluding hydrogens is 328 g/mol. The first-order valence-corrected chi connectivity index (χ1v) is 7.38. The molecule has 2 aromatic rings. The van der Waals surface area contributed by atoms with Gasteiger partial charge in [-0.15, -0.1) is 0 Å². The summed E-state index contributed by atoms with van der Waals surface area (Å²) in [7, 11) is 0. The largest absolute Gasteiger partial charge is 0.504 e. The number of carbonyl (C=O) groups excluding carboxylic acids is 2. The van der Waals surface area contributed by atoms with Crippen LogP contribution >= 0.6 is 0 Å². The van der Waals surface area contributed by atoms with Crippen LogP contribution in [0.4, 0.5) is 0 Å². The number of hydrogen-bond acceptors (Lipinski definition) is 6. The van der Waals surface area contributed by atoms with Crippen LogP contribution in [0.3, 0.4) is 0 Å². The molecule has 25 heavy (non-hydrogen) atoms. The van der Waals surface area contributed by atoms with Crippen molar-refractivity contribution in [2.45, 2.75) is 13.3 Å². The molecule has 0 atom stereocenters. The van der Waals surface area contributed by atoms with Crippen molar-refractivity contribution >= 4 is 11.8 Å². The molecule has 0 aromatic heterocycles. The monoisotopic (exact) mass is 348 g/mol. The number of nitrogens with two attached hydrogens (primary N) is 1. The predicted molar refractivity (Wildman–Crippen MR) is 90.7 cm³/mol. The van der Waals surface area contributed by atoms with Gasteiger partial charge in [0.15, 0.2) is 23.0 Å². The number of rotatable bonds is 4. The van der Waals surface area contributed by atoms with Gasteiger partial charge in [0.25, 0.3) is 5.91 Å². The minimum absolute atomic E-state index is 0.167. The number of hydrogen-bond donors (Lipinski definition) is 6. The van der Waals surface area contributed by atoms with E-state index in [1.165, 1.54) is 30.3 Å². The third kappa shape index (κ3) is 5.94. The summed E-state index contributed by atoms with van der Waals surface area (Å²) in [5.41, 5.74) is 5.41. The van der Waals surface area contributed by atoms with E-state index in [0.717, 1.165) is 12.5 Å². The molecule has 2 amide bonds. The van der Waals surface area contributed by atoms with E-state index in [1.54, 1.807) is 0 Å². The molecule has 0 saturated carbocycles. The van der Waals surface area contributed by atoms with Gasteiger partial charge in [-0.25, -0.2) is 0 Å². The summed E-state index contributed by atoms with van der Waals surface area (Å²) in [6.07, 6.45) is 0.857. The Kier molecular flexibility index (Phi) is 7.08. The van der Waals surface area contributed by atoms with Crippen molar-refractivity contribution in [3.05, 3.63) is 47.5 Å². The second-order valence-corrected chi connectivity index (χ2v) is 5.03. The molecule has 7 N–H and O–H groups in total. The number of carbonyl (C=O) groups is 2. The van der Waals surface area contributed by atoms with Crippen LogP contribution in [-0.2, 0) is 0 Å². The molecule has 0 fully saturated rings. The molecule has 134 valence electrons. The quantitative estimate of drug-likeness (QED) is 0.460. The van der Waals surface area contributed by atoms with Crippen LogP contribution in [0.15, 0.2) is 36.4 Å². The fourth-order valence-electron chi connectivity index (χ4n) is 1.68. The second-order valence-electron chi connectivity index (χ2n) is 5.03. The first kappa shape index (κ1) is 19.6. The van der Waals surface area contributed by atoms with Crippen molar-refractivity contribution < 1.29 is 30.0 Å². The number of amides is 2.